The van der Waals surface area contributed by atoms with Gasteiger partial charge in [0.1, 0.15) is 11.6 Å². The van der Waals surface area contributed by atoms with E-state index in [1.807, 2.05) is 47.0 Å². The first-order valence-electron chi connectivity index (χ1n) is 10.9. The molecule has 6 rings (SSSR count). The van der Waals surface area contributed by atoms with Gasteiger partial charge in [0.15, 0.2) is 0 Å². The highest BCUT2D eigenvalue weighted by Crippen LogP contribution is 2.45. The first-order valence-corrected chi connectivity index (χ1v) is 10.9. The Morgan fingerprint density at radius 3 is 2.64 bits per heavy atom. The van der Waals surface area contributed by atoms with E-state index in [9.17, 15) is 14.7 Å². The van der Waals surface area contributed by atoms with Crippen LogP contribution in [-0.4, -0.2) is 33.6 Å². The van der Waals surface area contributed by atoms with E-state index in [1.54, 1.807) is 30.5 Å². The lowest BCUT2D eigenvalue weighted by molar-refractivity contribution is 0.0695. The van der Waals surface area contributed by atoms with Crippen molar-refractivity contribution < 1.29 is 19.4 Å². The first kappa shape index (κ1) is 19.5. The van der Waals surface area contributed by atoms with Crippen molar-refractivity contribution in [3.05, 3.63) is 83.3 Å². The zero-order valence-electron chi connectivity index (χ0n) is 18.0. The molecule has 0 saturated heterocycles. The van der Waals surface area contributed by atoms with E-state index in [-0.39, 0.29) is 11.8 Å². The molecule has 4 aromatic rings. The van der Waals surface area contributed by atoms with Crippen LogP contribution in [0.3, 0.4) is 0 Å². The van der Waals surface area contributed by atoms with Crippen molar-refractivity contribution in [2.24, 2.45) is 0 Å². The summed E-state index contributed by atoms with van der Waals surface area (Å²) in [7, 11) is 1.62. The average Bonchev–Trinajstić information content (AvgIpc) is 3.52. The monoisotopic (exact) mass is 439 g/mol. The molecule has 2 aromatic heterocycles. The van der Waals surface area contributed by atoms with Crippen molar-refractivity contribution >= 4 is 28.5 Å². The van der Waals surface area contributed by atoms with Crippen LogP contribution in [0.15, 0.2) is 60.9 Å². The maximum atomic E-state index is 13.3. The van der Waals surface area contributed by atoms with Gasteiger partial charge in [-0.05, 0) is 42.7 Å². The average molecular weight is 439 g/mol. The molecule has 1 fully saturated rings. The topological polar surface area (TPSA) is 84.7 Å². The number of methoxy groups -OCH3 is 1. The van der Waals surface area contributed by atoms with Gasteiger partial charge in [-0.1, -0.05) is 24.3 Å². The van der Waals surface area contributed by atoms with E-state index >= 15 is 0 Å². The van der Waals surface area contributed by atoms with Gasteiger partial charge in [0.25, 0.3) is 5.91 Å². The summed E-state index contributed by atoms with van der Waals surface area (Å²) in [6, 6.07) is 15.0. The fourth-order valence-electron chi connectivity index (χ4n) is 4.75. The Morgan fingerprint density at radius 1 is 1.15 bits per heavy atom. The Labute approximate surface area is 189 Å². The number of carbonyl (C=O) groups is 2. The lowest BCUT2D eigenvalue weighted by Gasteiger charge is -2.18. The second-order valence-corrected chi connectivity index (χ2v) is 8.50. The minimum Gasteiger partial charge on any atom is -0.497 e. The van der Waals surface area contributed by atoms with E-state index in [2.05, 4.69) is 0 Å². The molecule has 1 aliphatic carbocycles. The number of carboxylic acid groups (broad SMARTS) is 1. The van der Waals surface area contributed by atoms with E-state index in [1.165, 1.54) is 0 Å². The zero-order valence-corrected chi connectivity index (χ0v) is 18.0. The number of anilines is 1. The quantitative estimate of drug-likeness (QED) is 0.468. The maximum absolute atomic E-state index is 13.3. The van der Waals surface area contributed by atoms with Crippen molar-refractivity contribution in [2.45, 2.75) is 25.3 Å². The number of pyridine rings is 1. The number of ether oxygens (including phenoxy) is 1. The maximum Gasteiger partial charge on any atom is 0.337 e. The predicted octanol–water partition coefficient (Wildman–Crippen LogP) is 4.77. The Bertz CT molecular complexity index is 1430. The van der Waals surface area contributed by atoms with Crippen LogP contribution >= 0.6 is 0 Å². The lowest BCUT2D eigenvalue weighted by Crippen LogP contribution is -2.26. The van der Waals surface area contributed by atoms with Crippen LogP contribution < -0.4 is 9.64 Å². The molecule has 2 aliphatic rings. The number of carboxylic acids is 1. The summed E-state index contributed by atoms with van der Waals surface area (Å²) in [4.78, 5) is 31.5. The molecule has 7 heteroatoms. The number of nitrogens with zero attached hydrogens (tertiary/aromatic N) is 3. The molecule has 164 valence electrons. The van der Waals surface area contributed by atoms with Crippen molar-refractivity contribution in [2.75, 3.05) is 12.0 Å². The third kappa shape index (κ3) is 3.00. The molecule has 3 heterocycles. The van der Waals surface area contributed by atoms with Crippen molar-refractivity contribution in [3.8, 4) is 11.4 Å². The molecular formula is C26H21N3O4. The van der Waals surface area contributed by atoms with Gasteiger partial charge in [0, 0.05) is 28.6 Å². The minimum absolute atomic E-state index is 0.0859. The molecule has 1 N–H and O–H groups in total. The lowest BCUT2D eigenvalue weighted by atomic mass is 10.1. The fourth-order valence-corrected chi connectivity index (χ4v) is 4.75. The van der Waals surface area contributed by atoms with Gasteiger partial charge in [-0.2, -0.15) is 0 Å². The summed E-state index contributed by atoms with van der Waals surface area (Å²) in [5, 5.41) is 11.4. The van der Waals surface area contributed by atoms with Gasteiger partial charge < -0.3 is 14.4 Å². The minimum atomic E-state index is -0.921. The first-order chi connectivity index (χ1) is 16.1. The molecule has 0 spiro atoms. The fraction of sp³-hybridized carbons (Fsp3) is 0.192. The van der Waals surface area contributed by atoms with Crippen LogP contribution in [0.25, 0.3) is 16.5 Å². The van der Waals surface area contributed by atoms with E-state index in [0.717, 1.165) is 46.3 Å². The van der Waals surface area contributed by atoms with Crippen LogP contribution in [0.4, 0.5) is 5.82 Å². The van der Waals surface area contributed by atoms with E-state index in [0.29, 0.717) is 23.5 Å². The Hall–Kier alpha value is -4.13. The largest absolute Gasteiger partial charge is 0.497 e. The summed E-state index contributed by atoms with van der Waals surface area (Å²) in [5.74, 6) is 0.622. The van der Waals surface area contributed by atoms with Crippen molar-refractivity contribution in [1.82, 2.24) is 9.55 Å². The SMILES string of the molecule is COc1ccc(CN2C(=O)c3cccc4c(-n5ccc(C(=O)O)c5C5CC5)cnc2c34)cc1. The van der Waals surface area contributed by atoms with Crippen LogP contribution in [0.2, 0.25) is 0 Å². The molecule has 7 nitrogen and oxygen atoms in total. The number of benzene rings is 2. The second-order valence-electron chi connectivity index (χ2n) is 8.50. The Balaban J connectivity index is 1.47. The highest BCUT2D eigenvalue weighted by molar-refractivity contribution is 6.25. The van der Waals surface area contributed by atoms with Gasteiger partial charge >= 0.3 is 5.97 Å². The molecule has 1 aliphatic heterocycles. The van der Waals surface area contributed by atoms with Crippen molar-refractivity contribution in [1.29, 1.82) is 0 Å². The van der Waals surface area contributed by atoms with Gasteiger partial charge in [-0.25, -0.2) is 9.78 Å². The molecule has 1 amide bonds. The Kier molecular flexibility index (Phi) is 4.26. The highest BCUT2D eigenvalue weighted by Gasteiger charge is 2.35. The summed E-state index contributed by atoms with van der Waals surface area (Å²) >= 11 is 0. The molecule has 0 bridgehead atoms. The summed E-state index contributed by atoms with van der Waals surface area (Å²) in [5.41, 5.74) is 3.53. The summed E-state index contributed by atoms with van der Waals surface area (Å²) < 4.78 is 7.17. The summed E-state index contributed by atoms with van der Waals surface area (Å²) in [6.45, 7) is 0.402. The number of amides is 1. The normalized spacial score (nSPS) is 14.8. The molecule has 0 radical (unpaired) electrons. The number of hydrogen-bond acceptors (Lipinski definition) is 4. The second kappa shape index (κ2) is 7.20. The standard InChI is InChI=1S/C26H21N3O4/c1-33-17-9-5-15(6-10-17)14-29-24-22-18(3-2-4-19(22)25(29)30)21(13-27-24)28-12-11-20(26(31)32)23(28)16-7-8-16/h2-6,9-13,16H,7-8,14H2,1H3,(H,31,32). The molecule has 2 aromatic carbocycles. The number of carbonyl (C=O) groups excluding carboxylic acids is 1. The molecule has 33 heavy (non-hydrogen) atoms. The number of rotatable bonds is 6. The summed E-state index contributed by atoms with van der Waals surface area (Å²) in [6.07, 6.45) is 5.51. The Morgan fingerprint density at radius 2 is 1.94 bits per heavy atom. The number of aromatic nitrogens is 2. The number of aromatic carboxylic acids is 1. The van der Waals surface area contributed by atoms with Crippen molar-refractivity contribution in [3.63, 3.8) is 0 Å². The van der Waals surface area contributed by atoms with Crippen LogP contribution in [0.5, 0.6) is 5.75 Å². The van der Waals surface area contributed by atoms with Crippen LogP contribution in [0.1, 0.15) is 50.7 Å². The van der Waals surface area contributed by atoms with Crippen LogP contribution in [-0.2, 0) is 6.54 Å². The van der Waals surface area contributed by atoms with E-state index < -0.39 is 5.97 Å². The third-order valence-corrected chi connectivity index (χ3v) is 6.48. The molecular weight excluding hydrogens is 418 g/mol. The van der Waals surface area contributed by atoms with Gasteiger partial charge in [-0.3, -0.25) is 9.69 Å². The van der Waals surface area contributed by atoms with Gasteiger partial charge in [0.05, 0.1) is 36.7 Å². The third-order valence-electron chi connectivity index (χ3n) is 6.48. The molecule has 0 unspecified atom stereocenters. The smallest absolute Gasteiger partial charge is 0.337 e. The molecule has 1 saturated carbocycles. The zero-order chi connectivity index (χ0) is 22.7. The van der Waals surface area contributed by atoms with E-state index in [4.69, 9.17) is 9.72 Å². The van der Waals surface area contributed by atoms with Gasteiger partial charge in [0.2, 0.25) is 0 Å². The predicted molar refractivity (Wildman–Crippen MR) is 124 cm³/mol. The van der Waals surface area contributed by atoms with Gasteiger partial charge in [-0.15, -0.1) is 0 Å². The molecule has 0 atom stereocenters. The number of hydrogen-bond donors (Lipinski definition) is 1. The van der Waals surface area contributed by atoms with Crippen LogP contribution in [0, 0.1) is 0 Å². The highest BCUT2D eigenvalue weighted by atomic mass is 16.5.